The summed E-state index contributed by atoms with van der Waals surface area (Å²) in [5, 5.41) is 9.31. The number of allylic oxidation sites excluding steroid dienone is 1. The number of amides is 3. The van der Waals surface area contributed by atoms with Gasteiger partial charge in [-0.2, -0.15) is 0 Å². The summed E-state index contributed by atoms with van der Waals surface area (Å²) < 4.78 is 5.07. The van der Waals surface area contributed by atoms with E-state index in [9.17, 15) is 24.3 Å². The average molecular weight is 463 g/mol. The highest BCUT2D eigenvalue weighted by atomic mass is 32.2. The average Bonchev–Trinajstić information content (AvgIpc) is 3.16. The van der Waals surface area contributed by atoms with Crippen molar-refractivity contribution in [3.05, 3.63) is 35.6 Å². The number of β-lactam (4-membered cyclic amide) rings is 1. The van der Waals surface area contributed by atoms with Crippen molar-refractivity contribution < 1.29 is 29.0 Å². The Morgan fingerprint density at radius 2 is 1.97 bits per heavy atom. The number of hydrogen-bond acceptors (Lipinski definition) is 7. The summed E-state index contributed by atoms with van der Waals surface area (Å²) in [6.45, 7) is 5.26. The number of carboxylic acids is 1. The van der Waals surface area contributed by atoms with Crippen LogP contribution in [0.3, 0.4) is 0 Å². The van der Waals surface area contributed by atoms with Gasteiger partial charge < -0.3 is 25.4 Å². The van der Waals surface area contributed by atoms with Crippen LogP contribution in [0.25, 0.3) is 0 Å². The van der Waals surface area contributed by atoms with Gasteiger partial charge in [0.2, 0.25) is 11.8 Å². The minimum atomic E-state index is -1.19. The van der Waals surface area contributed by atoms with Crippen molar-refractivity contribution in [3.8, 4) is 0 Å². The van der Waals surface area contributed by atoms with Gasteiger partial charge in [-0.15, -0.1) is 11.8 Å². The first kappa shape index (κ1) is 22.4. The van der Waals surface area contributed by atoms with E-state index in [2.05, 4.69) is 6.58 Å². The Labute approximate surface area is 189 Å². The molecule has 172 valence electrons. The van der Waals surface area contributed by atoms with Crippen molar-refractivity contribution >= 4 is 35.6 Å². The van der Waals surface area contributed by atoms with Gasteiger partial charge in [0.15, 0.2) is 0 Å². The van der Waals surface area contributed by atoms with Crippen LogP contribution in [-0.2, 0) is 19.1 Å². The number of thioether (sulfide) groups is 1. The fourth-order valence-corrected chi connectivity index (χ4v) is 5.81. The Kier molecular flexibility index (Phi) is 6.29. The largest absolute Gasteiger partial charge is 0.477 e. The monoisotopic (exact) mass is 462 g/mol. The van der Waals surface area contributed by atoms with E-state index in [1.807, 2.05) is 4.90 Å². The Morgan fingerprint density at radius 1 is 1.25 bits per heavy atom. The van der Waals surface area contributed by atoms with Gasteiger partial charge in [0, 0.05) is 37.0 Å². The summed E-state index contributed by atoms with van der Waals surface area (Å²) in [5.74, 6) is -1.34. The van der Waals surface area contributed by atoms with Crippen LogP contribution in [0, 0.1) is 0 Å². The van der Waals surface area contributed by atoms with E-state index in [-0.39, 0.29) is 35.7 Å². The molecule has 4 aliphatic rings. The van der Waals surface area contributed by atoms with Crippen molar-refractivity contribution in [1.82, 2.24) is 14.7 Å². The zero-order chi connectivity index (χ0) is 23.0. The standard InChI is InChI=1S/C21H26N4O6S/c1-2-9-31-21(30)23-6-4-14(5-7-23)24-8-3-12(17(24)26)10-13-11-32-19-15(22)18(27)25(19)16(13)20(28)29/h2,10,14-15,19H,1,3-9,11,22H2,(H,28,29)/t15-,19-/m1/s1. The number of carbonyl (C=O) groups excluding carboxylic acids is 3. The summed E-state index contributed by atoms with van der Waals surface area (Å²) in [7, 11) is 0. The highest BCUT2D eigenvalue weighted by Gasteiger charge is 2.51. The molecule has 2 atom stereocenters. The molecule has 0 saturated carbocycles. The van der Waals surface area contributed by atoms with Crippen LogP contribution in [0.4, 0.5) is 4.79 Å². The first-order valence-electron chi connectivity index (χ1n) is 10.5. The summed E-state index contributed by atoms with van der Waals surface area (Å²) in [4.78, 5) is 53.7. The maximum atomic E-state index is 13.1. The van der Waals surface area contributed by atoms with Crippen molar-refractivity contribution in [3.63, 3.8) is 0 Å². The highest BCUT2D eigenvalue weighted by Crippen LogP contribution is 2.40. The molecule has 4 aliphatic heterocycles. The van der Waals surface area contributed by atoms with Crippen LogP contribution in [0.15, 0.2) is 35.6 Å². The van der Waals surface area contributed by atoms with Gasteiger partial charge >= 0.3 is 12.1 Å². The molecular formula is C21H26N4O6S. The number of hydrogen-bond donors (Lipinski definition) is 2. The van der Waals surface area contributed by atoms with Crippen molar-refractivity contribution in [2.45, 2.75) is 36.7 Å². The fraction of sp³-hybridized carbons (Fsp3) is 0.524. The predicted octanol–water partition coefficient (Wildman–Crippen LogP) is 0.513. The molecule has 0 radical (unpaired) electrons. The zero-order valence-electron chi connectivity index (χ0n) is 17.6. The fourth-order valence-electron chi connectivity index (χ4n) is 4.56. The van der Waals surface area contributed by atoms with Gasteiger partial charge in [0.05, 0.1) is 0 Å². The molecule has 0 aromatic heterocycles. The Morgan fingerprint density at radius 3 is 2.62 bits per heavy atom. The van der Waals surface area contributed by atoms with E-state index in [0.29, 0.717) is 55.8 Å². The van der Waals surface area contributed by atoms with Crippen molar-refractivity contribution in [2.75, 3.05) is 32.0 Å². The SMILES string of the molecule is C=CCOC(=O)N1CCC(N2CCC(=CC3=C(C(=O)O)N4C(=O)[C@@H](N)[C@H]4SC3)C2=O)CC1. The van der Waals surface area contributed by atoms with E-state index >= 15 is 0 Å². The molecule has 3 N–H and O–H groups in total. The van der Waals surface area contributed by atoms with E-state index < -0.39 is 17.9 Å². The van der Waals surface area contributed by atoms with Crippen LogP contribution in [-0.4, -0.2) is 93.1 Å². The van der Waals surface area contributed by atoms with Crippen LogP contribution in [0.5, 0.6) is 0 Å². The molecule has 10 nitrogen and oxygen atoms in total. The molecule has 32 heavy (non-hydrogen) atoms. The quantitative estimate of drug-likeness (QED) is 0.343. The Hall–Kier alpha value is -2.79. The molecular weight excluding hydrogens is 436 g/mol. The number of carboxylic acid groups (broad SMARTS) is 1. The first-order chi connectivity index (χ1) is 15.3. The second kappa shape index (κ2) is 8.99. The van der Waals surface area contributed by atoms with Gasteiger partial charge in [-0.1, -0.05) is 12.7 Å². The first-order valence-corrected chi connectivity index (χ1v) is 11.6. The van der Waals surface area contributed by atoms with Crippen LogP contribution >= 0.6 is 11.8 Å². The van der Waals surface area contributed by atoms with Gasteiger partial charge in [-0.25, -0.2) is 9.59 Å². The normalized spacial score (nSPS) is 27.5. The second-order valence-electron chi connectivity index (χ2n) is 8.12. The van der Waals surface area contributed by atoms with Gasteiger partial charge in [0.25, 0.3) is 0 Å². The molecule has 0 aromatic rings. The summed E-state index contributed by atoms with van der Waals surface area (Å²) in [5.41, 5.74) is 6.71. The lowest BCUT2D eigenvalue weighted by Gasteiger charge is -2.47. The molecule has 3 amide bonds. The lowest BCUT2D eigenvalue weighted by molar-refractivity contribution is -0.147. The highest BCUT2D eigenvalue weighted by molar-refractivity contribution is 8.00. The number of piperidine rings is 1. The van der Waals surface area contributed by atoms with Gasteiger partial charge in [-0.3, -0.25) is 14.5 Å². The topological polar surface area (TPSA) is 133 Å². The number of aliphatic carboxylic acids is 1. The Balaban J connectivity index is 1.43. The molecule has 3 fully saturated rings. The van der Waals surface area contributed by atoms with Crippen LogP contribution < -0.4 is 5.73 Å². The smallest absolute Gasteiger partial charge is 0.410 e. The summed E-state index contributed by atoms with van der Waals surface area (Å²) >= 11 is 1.41. The third-order valence-electron chi connectivity index (χ3n) is 6.24. The predicted molar refractivity (Wildman–Crippen MR) is 116 cm³/mol. The van der Waals surface area contributed by atoms with Crippen LogP contribution in [0.1, 0.15) is 19.3 Å². The van der Waals surface area contributed by atoms with E-state index in [4.69, 9.17) is 10.5 Å². The number of likely N-dealkylation sites (tertiary alicyclic amines) is 2. The number of fused-ring (bicyclic) bond motifs is 1. The molecule has 0 bridgehead atoms. The van der Waals surface area contributed by atoms with E-state index in [1.54, 1.807) is 11.0 Å². The number of nitrogens with two attached hydrogens (primary N) is 1. The minimum absolute atomic E-state index is 0.0184. The van der Waals surface area contributed by atoms with Crippen molar-refractivity contribution in [1.29, 1.82) is 0 Å². The summed E-state index contributed by atoms with van der Waals surface area (Å²) in [6.07, 6.45) is 4.60. The number of rotatable bonds is 5. The van der Waals surface area contributed by atoms with E-state index in [0.717, 1.165) is 0 Å². The van der Waals surface area contributed by atoms with Gasteiger partial charge in [0.1, 0.15) is 23.7 Å². The van der Waals surface area contributed by atoms with E-state index in [1.165, 1.54) is 22.7 Å². The molecule has 4 rings (SSSR count). The second-order valence-corrected chi connectivity index (χ2v) is 9.22. The molecule has 4 heterocycles. The molecule has 0 aliphatic carbocycles. The maximum Gasteiger partial charge on any atom is 0.410 e. The lowest BCUT2D eigenvalue weighted by Crippen LogP contribution is -2.68. The number of ether oxygens (including phenoxy) is 1. The number of nitrogens with zero attached hydrogens (tertiary/aromatic N) is 3. The zero-order valence-corrected chi connectivity index (χ0v) is 18.4. The number of carbonyl (C=O) groups is 4. The molecule has 11 heteroatoms. The third-order valence-corrected chi connectivity index (χ3v) is 7.56. The van der Waals surface area contributed by atoms with Gasteiger partial charge in [-0.05, 0) is 30.9 Å². The van der Waals surface area contributed by atoms with Crippen LogP contribution in [0.2, 0.25) is 0 Å². The third kappa shape index (κ3) is 3.90. The molecule has 0 unspecified atom stereocenters. The maximum absolute atomic E-state index is 13.1. The minimum Gasteiger partial charge on any atom is -0.477 e. The molecule has 3 saturated heterocycles. The summed E-state index contributed by atoms with van der Waals surface area (Å²) in [6, 6.07) is -0.670. The molecule has 0 aromatic carbocycles. The van der Waals surface area contributed by atoms with Crippen molar-refractivity contribution in [2.24, 2.45) is 5.73 Å². The molecule has 0 spiro atoms. The lowest BCUT2D eigenvalue weighted by atomic mass is 10.0. The Bertz CT molecular complexity index is 923.